The number of likely N-dealkylation sites (N-methyl/N-ethyl adjacent to an activating group) is 1. The Morgan fingerprint density at radius 3 is 1.75 bits per heavy atom. The summed E-state index contributed by atoms with van der Waals surface area (Å²) in [6.07, 6.45) is 37.9. The summed E-state index contributed by atoms with van der Waals surface area (Å²) < 4.78 is 34.1. The van der Waals surface area contributed by atoms with Gasteiger partial charge in [-0.1, -0.05) is 166 Å². The lowest BCUT2D eigenvalue weighted by atomic mass is 10.0. The van der Waals surface area contributed by atoms with E-state index in [0.29, 0.717) is 30.3 Å². The number of carbonyl (C=O) groups is 2. The standard InChI is InChI=1S/C45H84NO9P/c1-6-8-10-12-14-16-18-20-22-24-26-28-30-32-36-44(48)52-40-43(41-54-56(50,51)53-39-38-46(3,4)5)55-45(49)37-33-35-42(47)34-31-29-27-25-23-21-19-17-15-13-11-9-7-2/h21,23,27,29,31,34,42-43,47H,6-20,22,24-26,28,30,32-33,35-41H2,1-5H3/p+1/b23-21+,29-27+,34-31+/t42?,43-/m1/s1. The first-order valence-electron chi connectivity index (χ1n) is 22.3. The fourth-order valence-electron chi connectivity index (χ4n) is 5.96. The Kier molecular flexibility index (Phi) is 36.2. The molecule has 2 unspecified atom stereocenters. The number of allylic oxidation sites excluding steroid dienone is 5. The van der Waals surface area contributed by atoms with Gasteiger partial charge in [-0.15, -0.1) is 0 Å². The molecule has 328 valence electrons. The summed E-state index contributed by atoms with van der Waals surface area (Å²) in [7, 11) is 1.37. The van der Waals surface area contributed by atoms with Crippen molar-refractivity contribution in [3.05, 3.63) is 36.5 Å². The SMILES string of the molecule is CCCCCCCC/C=C/C/C=C/C=C/C(O)CCCC(=O)O[C@H](COC(=O)CCCCCCCCCCCCCCCC)COP(=O)(O)OCC[N+](C)(C)C. The summed E-state index contributed by atoms with van der Waals surface area (Å²) in [6.45, 7) is 4.20. The molecule has 0 saturated carbocycles. The molecule has 0 aromatic rings. The maximum absolute atomic E-state index is 12.7. The second-order valence-electron chi connectivity index (χ2n) is 16.3. The third-order valence-electron chi connectivity index (χ3n) is 9.53. The van der Waals surface area contributed by atoms with E-state index in [2.05, 4.69) is 26.0 Å². The lowest BCUT2D eigenvalue weighted by Gasteiger charge is -2.24. The summed E-state index contributed by atoms with van der Waals surface area (Å²) in [4.78, 5) is 35.4. The minimum atomic E-state index is -4.42. The van der Waals surface area contributed by atoms with Crippen molar-refractivity contribution >= 4 is 19.8 Å². The number of aliphatic hydroxyl groups is 1. The van der Waals surface area contributed by atoms with Crippen molar-refractivity contribution in [2.45, 2.75) is 193 Å². The summed E-state index contributed by atoms with van der Waals surface area (Å²) in [5.74, 6) is -0.992. The Morgan fingerprint density at radius 2 is 1.18 bits per heavy atom. The highest BCUT2D eigenvalue weighted by molar-refractivity contribution is 7.47. The second-order valence-corrected chi connectivity index (χ2v) is 17.7. The minimum Gasteiger partial charge on any atom is -0.462 e. The third-order valence-corrected chi connectivity index (χ3v) is 10.5. The molecule has 0 radical (unpaired) electrons. The number of rotatable bonds is 40. The number of hydrogen-bond acceptors (Lipinski definition) is 8. The number of nitrogens with zero attached hydrogens (tertiary/aromatic N) is 1. The number of esters is 2. The topological polar surface area (TPSA) is 129 Å². The van der Waals surface area contributed by atoms with Crippen molar-refractivity contribution in [2.75, 3.05) is 47.5 Å². The van der Waals surface area contributed by atoms with E-state index in [0.717, 1.165) is 25.7 Å². The van der Waals surface area contributed by atoms with Crippen LogP contribution in [0.15, 0.2) is 36.5 Å². The van der Waals surface area contributed by atoms with Crippen molar-refractivity contribution in [3.8, 4) is 0 Å². The fraction of sp³-hybridized carbons (Fsp3) is 0.822. The van der Waals surface area contributed by atoms with E-state index in [1.807, 2.05) is 33.3 Å². The van der Waals surface area contributed by atoms with Gasteiger partial charge in [-0.3, -0.25) is 18.6 Å². The van der Waals surface area contributed by atoms with Crippen LogP contribution in [-0.2, 0) is 32.7 Å². The first-order chi connectivity index (χ1) is 26.9. The van der Waals surface area contributed by atoms with E-state index >= 15 is 0 Å². The Bertz CT molecular complexity index is 1070. The molecule has 0 aliphatic rings. The molecule has 0 amide bonds. The molecule has 0 aromatic carbocycles. The molecule has 0 aliphatic carbocycles. The second kappa shape index (κ2) is 37.5. The number of hydrogen-bond donors (Lipinski definition) is 2. The molecule has 0 aliphatic heterocycles. The van der Waals surface area contributed by atoms with Crippen LogP contribution in [0, 0.1) is 0 Å². The van der Waals surface area contributed by atoms with Crippen LogP contribution in [-0.4, -0.2) is 86.1 Å². The van der Waals surface area contributed by atoms with Crippen molar-refractivity contribution < 1.29 is 47.2 Å². The number of unbranched alkanes of at least 4 members (excludes halogenated alkanes) is 19. The Morgan fingerprint density at radius 1 is 0.643 bits per heavy atom. The molecule has 56 heavy (non-hydrogen) atoms. The van der Waals surface area contributed by atoms with E-state index in [9.17, 15) is 24.2 Å². The van der Waals surface area contributed by atoms with Crippen LogP contribution in [0.3, 0.4) is 0 Å². The lowest BCUT2D eigenvalue weighted by molar-refractivity contribution is -0.870. The van der Waals surface area contributed by atoms with Gasteiger partial charge in [0.25, 0.3) is 0 Å². The van der Waals surface area contributed by atoms with Crippen molar-refractivity contribution in [3.63, 3.8) is 0 Å². The molecule has 10 nitrogen and oxygen atoms in total. The van der Waals surface area contributed by atoms with Gasteiger partial charge >= 0.3 is 19.8 Å². The number of phosphoric acid groups is 1. The number of quaternary nitrogens is 1. The molecule has 0 bridgehead atoms. The Hall–Kier alpha value is -1.81. The molecule has 0 heterocycles. The average molecular weight is 815 g/mol. The normalized spacial score (nSPS) is 14.5. The van der Waals surface area contributed by atoms with Gasteiger partial charge in [-0.05, 0) is 38.5 Å². The van der Waals surface area contributed by atoms with Crippen LogP contribution in [0.2, 0.25) is 0 Å². The summed E-state index contributed by atoms with van der Waals surface area (Å²) in [5.41, 5.74) is 0. The van der Waals surface area contributed by atoms with Gasteiger partial charge in [-0.25, -0.2) is 4.57 Å². The molecule has 3 atom stereocenters. The smallest absolute Gasteiger partial charge is 0.462 e. The first kappa shape index (κ1) is 54.2. The van der Waals surface area contributed by atoms with E-state index < -0.39 is 38.6 Å². The van der Waals surface area contributed by atoms with Crippen molar-refractivity contribution in [1.29, 1.82) is 0 Å². The van der Waals surface area contributed by atoms with E-state index in [1.54, 1.807) is 12.2 Å². The van der Waals surface area contributed by atoms with Crippen molar-refractivity contribution in [2.24, 2.45) is 0 Å². The van der Waals surface area contributed by atoms with Gasteiger partial charge in [0, 0.05) is 12.8 Å². The fourth-order valence-corrected chi connectivity index (χ4v) is 6.71. The quantitative estimate of drug-likeness (QED) is 0.0155. The number of phosphoric ester groups is 1. The predicted molar refractivity (Wildman–Crippen MR) is 230 cm³/mol. The number of aliphatic hydroxyl groups excluding tert-OH is 1. The van der Waals surface area contributed by atoms with Crippen LogP contribution >= 0.6 is 7.82 Å². The maximum atomic E-state index is 12.7. The highest BCUT2D eigenvalue weighted by atomic mass is 31.2. The maximum Gasteiger partial charge on any atom is 0.472 e. The van der Waals surface area contributed by atoms with Gasteiger partial charge in [0.15, 0.2) is 6.10 Å². The van der Waals surface area contributed by atoms with Crippen LogP contribution in [0.5, 0.6) is 0 Å². The first-order valence-corrected chi connectivity index (χ1v) is 23.8. The van der Waals surface area contributed by atoms with E-state index in [4.69, 9.17) is 18.5 Å². The molecule has 2 N–H and O–H groups in total. The molecular weight excluding hydrogens is 729 g/mol. The molecular formula is C45H85NO9P+. The van der Waals surface area contributed by atoms with Gasteiger partial charge in [0.05, 0.1) is 33.9 Å². The molecule has 0 spiro atoms. The number of ether oxygens (including phenoxy) is 2. The average Bonchev–Trinajstić information content (AvgIpc) is 3.14. The zero-order chi connectivity index (χ0) is 41.6. The monoisotopic (exact) mass is 815 g/mol. The van der Waals surface area contributed by atoms with E-state index in [-0.39, 0.29) is 26.1 Å². The van der Waals surface area contributed by atoms with Gasteiger partial charge < -0.3 is 24.0 Å². The van der Waals surface area contributed by atoms with Crippen molar-refractivity contribution in [1.82, 2.24) is 0 Å². The zero-order valence-electron chi connectivity index (χ0n) is 36.5. The third kappa shape index (κ3) is 40.4. The lowest BCUT2D eigenvalue weighted by Crippen LogP contribution is -2.37. The summed E-state index contributed by atoms with van der Waals surface area (Å²) in [5, 5.41) is 10.3. The predicted octanol–water partition coefficient (Wildman–Crippen LogP) is 11.5. The highest BCUT2D eigenvalue weighted by Gasteiger charge is 2.27. The minimum absolute atomic E-state index is 0.00116. The zero-order valence-corrected chi connectivity index (χ0v) is 37.4. The summed E-state index contributed by atoms with van der Waals surface area (Å²) in [6, 6.07) is 0. The molecule has 0 aromatic heterocycles. The van der Waals surface area contributed by atoms with Gasteiger partial charge in [0.2, 0.25) is 0 Å². The highest BCUT2D eigenvalue weighted by Crippen LogP contribution is 2.43. The van der Waals surface area contributed by atoms with Crippen LogP contribution in [0.25, 0.3) is 0 Å². The number of carbonyl (C=O) groups excluding carboxylic acids is 2. The Labute approximate surface area is 343 Å². The van der Waals surface area contributed by atoms with Crippen LogP contribution in [0.4, 0.5) is 0 Å². The largest absolute Gasteiger partial charge is 0.472 e. The van der Waals surface area contributed by atoms with Crippen LogP contribution in [0.1, 0.15) is 181 Å². The molecule has 0 fully saturated rings. The summed E-state index contributed by atoms with van der Waals surface area (Å²) >= 11 is 0. The molecule has 0 rings (SSSR count). The van der Waals surface area contributed by atoms with E-state index in [1.165, 1.54) is 109 Å². The molecule has 11 heteroatoms. The Balaban J connectivity index is 4.54. The van der Waals surface area contributed by atoms with Gasteiger partial charge in [-0.2, -0.15) is 0 Å². The van der Waals surface area contributed by atoms with Gasteiger partial charge in [0.1, 0.15) is 19.8 Å². The van der Waals surface area contributed by atoms with Crippen LogP contribution < -0.4 is 0 Å². The molecule has 0 saturated heterocycles.